The Bertz CT molecular complexity index is 689. The molecule has 0 spiro atoms. The zero-order valence-corrected chi connectivity index (χ0v) is 13.7. The van der Waals surface area contributed by atoms with Gasteiger partial charge in [0, 0.05) is 10.6 Å². The van der Waals surface area contributed by atoms with E-state index in [1.54, 1.807) is 60.7 Å². The molecule has 0 aliphatic rings. The van der Waals surface area contributed by atoms with Crippen LogP contribution in [0.15, 0.2) is 60.7 Å². The molecule has 0 aromatic heterocycles. The first-order valence-electron chi connectivity index (χ1n) is 6.78. The molecule has 2 rings (SSSR count). The van der Waals surface area contributed by atoms with Crippen LogP contribution in [-0.2, 0) is 14.2 Å². The topological polar surface area (TPSA) is 91.7 Å². The maximum absolute atomic E-state index is 13.6. The number of aliphatic carboxylic acids is 2. The van der Waals surface area contributed by atoms with Crippen molar-refractivity contribution in [1.82, 2.24) is 0 Å². The maximum Gasteiger partial charge on any atom is 0.317 e. The number of carboxylic acid groups (broad SMARTS) is 2. The van der Waals surface area contributed by atoms with Crippen molar-refractivity contribution in [2.45, 2.75) is 11.7 Å². The van der Waals surface area contributed by atoms with Crippen molar-refractivity contribution in [3.05, 3.63) is 60.7 Å². The van der Waals surface area contributed by atoms with Gasteiger partial charge in [0.25, 0.3) is 0 Å². The Morgan fingerprint density at radius 3 is 1.70 bits per heavy atom. The first kappa shape index (κ1) is 17.3. The van der Waals surface area contributed by atoms with Crippen LogP contribution in [0, 0.1) is 0 Å². The Kier molecular flexibility index (Phi) is 5.64. The Hall–Kier alpha value is -2.04. The molecule has 0 amide bonds. The fourth-order valence-corrected chi connectivity index (χ4v) is 7.39. The fourth-order valence-electron chi connectivity index (χ4n) is 2.03. The minimum absolute atomic E-state index is 0.493. The van der Waals surface area contributed by atoms with Gasteiger partial charge in [0.05, 0.1) is 6.42 Å². The predicted molar refractivity (Wildman–Crippen MR) is 91.0 cm³/mol. The third-order valence-electron chi connectivity index (χ3n) is 3.10. The molecule has 0 fully saturated rings. The van der Waals surface area contributed by atoms with Gasteiger partial charge in [0.1, 0.15) is 5.25 Å². The first-order chi connectivity index (χ1) is 10.9. The molecule has 0 aliphatic heterocycles. The second-order valence-corrected chi connectivity index (χ2v) is 9.84. The van der Waals surface area contributed by atoms with E-state index in [9.17, 15) is 19.3 Å². The molecule has 1 unspecified atom stereocenters. The molecule has 1 atom stereocenters. The fraction of sp³-hybridized carbons (Fsp3) is 0.125. The van der Waals surface area contributed by atoms with Crippen LogP contribution in [0.3, 0.4) is 0 Å². The quantitative estimate of drug-likeness (QED) is 0.746. The van der Waals surface area contributed by atoms with Crippen LogP contribution in [0.5, 0.6) is 0 Å². The number of rotatable bonds is 7. The summed E-state index contributed by atoms with van der Waals surface area (Å²) in [4.78, 5) is 22.3. The summed E-state index contributed by atoms with van der Waals surface area (Å²) < 4.78 is 13.6. The lowest BCUT2D eigenvalue weighted by atomic mass is 10.3. The van der Waals surface area contributed by atoms with Crippen LogP contribution in [0.2, 0.25) is 0 Å². The zero-order valence-electron chi connectivity index (χ0n) is 12.0. The summed E-state index contributed by atoms with van der Waals surface area (Å²) in [6.07, 6.45) is -3.91. The average Bonchev–Trinajstić information content (AvgIpc) is 2.55. The zero-order chi connectivity index (χ0) is 16.9. The predicted octanol–water partition coefficient (Wildman–Crippen LogP) is 2.58. The normalized spacial score (nSPS) is 12.5. The molecule has 0 radical (unpaired) electrons. The van der Waals surface area contributed by atoms with E-state index in [1.807, 2.05) is 0 Å². The third kappa shape index (κ3) is 4.24. The minimum Gasteiger partial charge on any atom is -0.481 e. The number of hydrogen-bond acceptors (Lipinski definition) is 4. The number of hydrogen-bond donors (Lipinski definition) is 2. The van der Waals surface area contributed by atoms with Crippen LogP contribution in [0.1, 0.15) is 6.42 Å². The van der Waals surface area contributed by atoms with Gasteiger partial charge in [-0.1, -0.05) is 72.0 Å². The Morgan fingerprint density at radius 1 is 0.913 bits per heavy atom. The molecule has 2 N–H and O–H groups in total. The van der Waals surface area contributed by atoms with E-state index in [-0.39, 0.29) is 0 Å². The van der Waals surface area contributed by atoms with E-state index in [0.29, 0.717) is 22.0 Å². The molecule has 2 aromatic rings. The van der Waals surface area contributed by atoms with E-state index < -0.39 is 30.0 Å². The highest BCUT2D eigenvalue weighted by atomic mass is 32.7. The molecule has 7 heteroatoms. The van der Waals surface area contributed by atoms with Gasteiger partial charge in [0.2, 0.25) is 0 Å². The van der Waals surface area contributed by atoms with Crippen molar-refractivity contribution >= 4 is 40.3 Å². The molecule has 2 aromatic carbocycles. The Morgan fingerprint density at radius 2 is 1.35 bits per heavy atom. The molecule has 5 nitrogen and oxygen atoms in total. The molecule has 0 bridgehead atoms. The summed E-state index contributed by atoms with van der Waals surface area (Å²) in [6, 6.07) is 17.1. The first-order valence-corrected chi connectivity index (χ1v) is 9.97. The molecular formula is C16H15O5PS. The van der Waals surface area contributed by atoms with Gasteiger partial charge < -0.3 is 14.8 Å². The number of carboxylic acids is 2. The Labute approximate surface area is 137 Å². The summed E-state index contributed by atoms with van der Waals surface area (Å²) in [5.41, 5.74) is 0. The Balaban J connectivity index is 2.48. The SMILES string of the molecule is O=C(O)CC(SP(=O)(c1ccccc1)c1ccccc1)C(=O)O. The molecule has 0 saturated heterocycles. The van der Waals surface area contributed by atoms with Crippen molar-refractivity contribution in [3.8, 4) is 0 Å². The van der Waals surface area contributed by atoms with Gasteiger partial charge in [-0.25, -0.2) is 0 Å². The molecule has 120 valence electrons. The number of benzene rings is 2. The van der Waals surface area contributed by atoms with E-state index in [2.05, 4.69) is 0 Å². The maximum atomic E-state index is 13.6. The summed E-state index contributed by atoms with van der Waals surface area (Å²) in [5.74, 6) is -2.53. The number of carbonyl (C=O) groups is 2. The molecule has 0 heterocycles. The van der Waals surface area contributed by atoms with Gasteiger partial charge in [-0.3, -0.25) is 9.59 Å². The van der Waals surface area contributed by atoms with Crippen LogP contribution >= 0.6 is 17.7 Å². The highest BCUT2D eigenvalue weighted by molar-refractivity contribution is 8.63. The highest BCUT2D eigenvalue weighted by Gasteiger charge is 2.35. The highest BCUT2D eigenvalue weighted by Crippen LogP contribution is 2.58. The lowest BCUT2D eigenvalue weighted by molar-refractivity contribution is -0.142. The third-order valence-corrected chi connectivity index (χ3v) is 8.90. The van der Waals surface area contributed by atoms with Gasteiger partial charge >= 0.3 is 11.9 Å². The smallest absolute Gasteiger partial charge is 0.317 e. The molecule has 0 saturated carbocycles. The lowest BCUT2D eigenvalue weighted by Gasteiger charge is -2.21. The van der Waals surface area contributed by atoms with Gasteiger partial charge in [-0.2, -0.15) is 0 Å². The van der Waals surface area contributed by atoms with Crippen molar-refractivity contribution in [2.75, 3.05) is 0 Å². The van der Waals surface area contributed by atoms with Crippen LogP contribution in [-0.4, -0.2) is 27.4 Å². The van der Waals surface area contributed by atoms with Gasteiger partial charge in [0.15, 0.2) is 6.34 Å². The summed E-state index contributed by atoms with van der Waals surface area (Å²) in [5, 5.41) is 17.9. The van der Waals surface area contributed by atoms with Crippen LogP contribution < -0.4 is 10.6 Å². The van der Waals surface area contributed by atoms with Crippen molar-refractivity contribution in [3.63, 3.8) is 0 Å². The van der Waals surface area contributed by atoms with E-state index in [4.69, 9.17) is 5.11 Å². The monoisotopic (exact) mass is 350 g/mol. The van der Waals surface area contributed by atoms with E-state index in [0.717, 1.165) is 0 Å². The van der Waals surface area contributed by atoms with Crippen molar-refractivity contribution in [1.29, 1.82) is 0 Å². The summed E-state index contributed by atoms with van der Waals surface area (Å²) in [6.45, 7) is 0. The average molecular weight is 350 g/mol. The van der Waals surface area contributed by atoms with Gasteiger partial charge in [-0.15, -0.1) is 0 Å². The molecule has 0 aliphatic carbocycles. The van der Waals surface area contributed by atoms with Crippen molar-refractivity contribution < 1.29 is 24.4 Å². The minimum atomic E-state index is -3.32. The van der Waals surface area contributed by atoms with E-state index in [1.165, 1.54) is 0 Å². The summed E-state index contributed by atoms with van der Waals surface area (Å²) >= 11 is 0.710. The second-order valence-electron chi connectivity index (χ2n) is 4.75. The van der Waals surface area contributed by atoms with Crippen molar-refractivity contribution in [2.24, 2.45) is 0 Å². The van der Waals surface area contributed by atoms with Crippen LogP contribution in [0.4, 0.5) is 0 Å². The standard InChI is InChI=1S/C16H15O5PS/c17-15(18)11-14(16(19)20)23-22(21,12-7-3-1-4-8-12)13-9-5-2-6-10-13/h1-10,14H,11H2,(H,17,18)(H,19,20). The molecular weight excluding hydrogens is 335 g/mol. The largest absolute Gasteiger partial charge is 0.481 e. The second kappa shape index (κ2) is 7.49. The van der Waals surface area contributed by atoms with E-state index >= 15 is 0 Å². The lowest BCUT2D eigenvalue weighted by Crippen LogP contribution is -2.23. The van der Waals surface area contributed by atoms with Gasteiger partial charge in [-0.05, 0) is 0 Å². The molecule has 23 heavy (non-hydrogen) atoms. The summed E-state index contributed by atoms with van der Waals surface area (Å²) in [7, 11) is 0. The van der Waals surface area contributed by atoms with Crippen LogP contribution in [0.25, 0.3) is 0 Å².